The lowest BCUT2D eigenvalue weighted by Gasteiger charge is -2.62. The number of ketones is 4. The first-order valence-electron chi connectivity index (χ1n) is 16.8. The molecule has 7 heteroatoms. The molecule has 2 heterocycles. The Morgan fingerprint density at radius 1 is 0.979 bits per heavy atom. The van der Waals surface area contributed by atoms with E-state index in [1.54, 1.807) is 18.4 Å². The van der Waals surface area contributed by atoms with Crippen LogP contribution in [0.1, 0.15) is 76.8 Å². The summed E-state index contributed by atoms with van der Waals surface area (Å²) in [5, 5.41) is 11.4. The Hall–Kier alpha value is -4.36. The number of carbonyl (C=O) groups excluding carboxylic acids is 4. The highest BCUT2D eigenvalue weighted by Gasteiger charge is 2.87. The van der Waals surface area contributed by atoms with Crippen molar-refractivity contribution in [1.29, 1.82) is 0 Å². The predicted molar refractivity (Wildman–Crippen MR) is 180 cm³/mol. The molecule has 0 bridgehead atoms. The van der Waals surface area contributed by atoms with E-state index < -0.39 is 21.8 Å². The van der Waals surface area contributed by atoms with Crippen LogP contribution in [0.15, 0.2) is 113 Å². The summed E-state index contributed by atoms with van der Waals surface area (Å²) in [6, 6.07) is 11.6. The van der Waals surface area contributed by atoms with Crippen LogP contribution in [0.3, 0.4) is 0 Å². The van der Waals surface area contributed by atoms with Gasteiger partial charge in [0.2, 0.25) is 5.78 Å². The fraction of sp³-hybridized carbons (Fsp3) is 0.415. The normalized spacial score (nSPS) is 37.8. The fourth-order valence-electron chi connectivity index (χ4n) is 10.7. The molecule has 8 atom stereocenters. The lowest BCUT2D eigenvalue weighted by Crippen LogP contribution is -2.66. The van der Waals surface area contributed by atoms with E-state index >= 15 is 0 Å². The summed E-state index contributed by atoms with van der Waals surface area (Å²) in [6.45, 7) is 13.8. The topological polar surface area (TPSA) is 114 Å². The first-order valence-corrected chi connectivity index (χ1v) is 16.8. The zero-order chi connectivity index (χ0) is 34.4. The van der Waals surface area contributed by atoms with Gasteiger partial charge in [-0.15, -0.1) is 6.58 Å². The number of Topliss-reactive ketones (excluding diaryl/α,β-unsaturated/α-hetero) is 1. The van der Waals surface area contributed by atoms with Crippen molar-refractivity contribution < 1.29 is 33.4 Å². The standard InChI is InChI=1S/C26H30O5.C15H12O2/c1-22(2)17(27)7-9-23(3)16-6-10-24(4)15(14-8-11-30-13-14)12-18-26(24,31-18)25(16,5)21(29)19(28)20(22)23;1-2-13(11-6-4-3-5-7-11)14-10-12(16)8-9-15(14)17/h7-9,11,13,15-16,18,28H,6,10,12H2,1-5H3;2-10,13H,1H2. The maximum atomic E-state index is 14.0. The van der Waals surface area contributed by atoms with Crippen LogP contribution < -0.4 is 0 Å². The second-order valence-corrected chi connectivity index (χ2v) is 15.4. The molecule has 48 heavy (non-hydrogen) atoms. The molecule has 3 fully saturated rings. The minimum Gasteiger partial charge on any atom is -0.504 e. The van der Waals surface area contributed by atoms with Crippen LogP contribution in [-0.4, -0.2) is 39.9 Å². The van der Waals surface area contributed by atoms with Crippen LogP contribution in [0.4, 0.5) is 0 Å². The van der Waals surface area contributed by atoms with Gasteiger partial charge in [0.05, 0.1) is 29.5 Å². The van der Waals surface area contributed by atoms with Crippen LogP contribution in [-0.2, 0) is 23.9 Å². The smallest absolute Gasteiger partial charge is 0.206 e. The van der Waals surface area contributed by atoms with Gasteiger partial charge in [0.1, 0.15) is 5.60 Å². The maximum absolute atomic E-state index is 14.0. The highest BCUT2D eigenvalue weighted by molar-refractivity contribution is 6.18. The summed E-state index contributed by atoms with van der Waals surface area (Å²) in [4.78, 5) is 49.8. The number of hydrogen-bond acceptors (Lipinski definition) is 7. The molecule has 1 N–H and O–H groups in total. The Labute approximate surface area is 281 Å². The molecule has 1 aromatic carbocycles. The number of epoxide rings is 1. The monoisotopic (exact) mass is 646 g/mol. The zero-order valence-electron chi connectivity index (χ0n) is 28.1. The molecule has 1 aromatic heterocycles. The minimum atomic E-state index is -0.901. The van der Waals surface area contributed by atoms with Gasteiger partial charge in [-0.3, -0.25) is 19.2 Å². The zero-order valence-corrected chi connectivity index (χ0v) is 28.1. The lowest BCUT2D eigenvalue weighted by molar-refractivity contribution is -0.162. The van der Waals surface area contributed by atoms with E-state index in [1.807, 2.05) is 69.5 Å². The van der Waals surface area contributed by atoms with Crippen molar-refractivity contribution in [3.8, 4) is 0 Å². The first kappa shape index (κ1) is 32.2. The van der Waals surface area contributed by atoms with Crippen molar-refractivity contribution >= 4 is 23.1 Å². The molecule has 1 aliphatic heterocycles. The average molecular weight is 647 g/mol. The SMILES string of the molecule is C=CC(C1=CC(=O)C=CC1=O)c1ccccc1.CC1(C)C(=O)C=CC2(C)C1=C(O)C(=O)C1(C)C2CCC2(C)C(c3ccoc3)CC3OC321. The molecule has 1 saturated heterocycles. The average Bonchev–Trinajstić information content (AvgIpc) is 3.41. The number of aliphatic hydroxyl groups is 1. The second-order valence-electron chi connectivity index (χ2n) is 15.4. The number of rotatable bonds is 4. The molecule has 8 rings (SSSR count). The van der Waals surface area contributed by atoms with E-state index in [2.05, 4.69) is 20.4 Å². The summed E-state index contributed by atoms with van der Waals surface area (Å²) in [5.41, 5.74) is 0.0485. The molecule has 0 radical (unpaired) electrons. The minimum absolute atomic E-state index is 0.00527. The third-order valence-corrected chi connectivity index (χ3v) is 12.9. The number of fused-ring (bicyclic) bond motifs is 3. The quantitative estimate of drug-likeness (QED) is 0.208. The predicted octanol–water partition coefficient (Wildman–Crippen LogP) is 7.48. The molecular weight excluding hydrogens is 604 g/mol. The summed E-state index contributed by atoms with van der Waals surface area (Å²) < 4.78 is 11.9. The molecule has 7 nitrogen and oxygen atoms in total. The van der Waals surface area contributed by atoms with Crippen molar-refractivity contribution in [2.24, 2.45) is 27.6 Å². The summed E-state index contributed by atoms with van der Waals surface area (Å²) in [6.07, 6.45) is 15.4. The van der Waals surface area contributed by atoms with E-state index in [0.29, 0.717) is 11.1 Å². The third-order valence-electron chi connectivity index (χ3n) is 12.9. The van der Waals surface area contributed by atoms with Gasteiger partial charge in [0, 0.05) is 22.3 Å². The van der Waals surface area contributed by atoms with Crippen LogP contribution in [0, 0.1) is 27.6 Å². The number of allylic oxidation sites excluding steroid dienone is 9. The maximum Gasteiger partial charge on any atom is 0.206 e. The molecule has 248 valence electrons. The molecule has 2 aromatic rings. The highest BCUT2D eigenvalue weighted by Crippen LogP contribution is 2.81. The number of hydrogen-bond donors (Lipinski definition) is 1. The van der Waals surface area contributed by atoms with Gasteiger partial charge < -0.3 is 14.3 Å². The van der Waals surface area contributed by atoms with Crippen molar-refractivity contribution in [3.63, 3.8) is 0 Å². The molecular formula is C41H42O7. The lowest BCUT2D eigenvalue weighted by atomic mass is 9.39. The summed E-state index contributed by atoms with van der Waals surface area (Å²) >= 11 is 0. The highest BCUT2D eigenvalue weighted by atomic mass is 16.6. The number of carbonyl (C=O) groups is 4. The molecule has 2 saturated carbocycles. The largest absolute Gasteiger partial charge is 0.504 e. The summed E-state index contributed by atoms with van der Waals surface area (Å²) in [7, 11) is 0. The van der Waals surface area contributed by atoms with Gasteiger partial charge in [-0.25, -0.2) is 0 Å². The van der Waals surface area contributed by atoms with Crippen LogP contribution in [0.25, 0.3) is 0 Å². The van der Waals surface area contributed by atoms with Crippen molar-refractivity contribution in [2.45, 2.75) is 77.4 Å². The van der Waals surface area contributed by atoms with Gasteiger partial charge in [-0.2, -0.15) is 0 Å². The number of ether oxygens (including phenoxy) is 1. The van der Waals surface area contributed by atoms with Crippen LogP contribution in [0.5, 0.6) is 0 Å². The molecule has 6 aliphatic rings. The van der Waals surface area contributed by atoms with E-state index in [4.69, 9.17) is 9.15 Å². The van der Waals surface area contributed by atoms with Crippen LogP contribution >= 0.6 is 0 Å². The second kappa shape index (κ2) is 10.6. The van der Waals surface area contributed by atoms with Gasteiger partial charge in [0.15, 0.2) is 23.1 Å². The van der Waals surface area contributed by atoms with E-state index in [9.17, 15) is 24.3 Å². The molecule has 8 unspecified atom stereocenters. The molecule has 5 aliphatic carbocycles. The number of benzene rings is 1. The van der Waals surface area contributed by atoms with E-state index in [0.717, 1.165) is 24.8 Å². The number of furan rings is 1. The van der Waals surface area contributed by atoms with Crippen LogP contribution in [0.2, 0.25) is 0 Å². The molecule has 1 spiro atoms. The van der Waals surface area contributed by atoms with Crippen molar-refractivity contribution in [3.05, 3.63) is 120 Å². The van der Waals surface area contributed by atoms with Gasteiger partial charge >= 0.3 is 0 Å². The fourth-order valence-corrected chi connectivity index (χ4v) is 10.7. The Bertz CT molecular complexity index is 1870. The summed E-state index contributed by atoms with van der Waals surface area (Å²) in [5.74, 6) is -0.813. The van der Waals surface area contributed by atoms with Crippen molar-refractivity contribution in [1.82, 2.24) is 0 Å². The van der Waals surface area contributed by atoms with E-state index in [-0.39, 0.29) is 58.2 Å². The first-order chi connectivity index (χ1) is 22.7. The van der Waals surface area contributed by atoms with E-state index in [1.165, 1.54) is 23.8 Å². The van der Waals surface area contributed by atoms with Crippen molar-refractivity contribution in [2.75, 3.05) is 0 Å². The van der Waals surface area contributed by atoms with Gasteiger partial charge in [0.25, 0.3) is 0 Å². The third kappa shape index (κ3) is 4.03. The van der Waals surface area contributed by atoms with Gasteiger partial charge in [-0.05, 0) is 98.9 Å². The Morgan fingerprint density at radius 2 is 1.71 bits per heavy atom. The molecule has 0 amide bonds. The Balaban J connectivity index is 0.000000182. The Kier molecular flexibility index (Phi) is 7.09. The Morgan fingerprint density at radius 3 is 2.38 bits per heavy atom. The number of aliphatic hydroxyl groups excluding tert-OH is 1. The van der Waals surface area contributed by atoms with Gasteiger partial charge in [-0.1, -0.05) is 56.3 Å².